The second-order valence-corrected chi connectivity index (χ2v) is 4.40. The van der Waals surface area contributed by atoms with Gasteiger partial charge in [-0.25, -0.2) is 4.79 Å². The van der Waals surface area contributed by atoms with Crippen LogP contribution in [-0.2, 0) is 11.3 Å². The zero-order valence-corrected chi connectivity index (χ0v) is 12.1. The molecule has 5 heteroatoms. The molecule has 0 saturated carbocycles. The summed E-state index contributed by atoms with van der Waals surface area (Å²) in [6.07, 6.45) is 1.70. The zero-order valence-electron chi connectivity index (χ0n) is 12.1. The molecule has 0 unspecified atom stereocenters. The maximum Gasteiger partial charge on any atom is 0.356 e. The van der Waals surface area contributed by atoms with Crippen molar-refractivity contribution in [2.75, 3.05) is 14.2 Å². The lowest BCUT2D eigenvalue weighted by molar-refractivity contribution is 0.0587. The van der Waals surface area contributed by atoms with Crippen molar-refractivity contribution in [3.05, 3.63) is 35.7 Å². The summed E-state index contributed by atoms with van der Waals surface area (Å²) in [7, 11) is 3.00. The van der Waals surface area contributed by atoms with Crippen molar-refractivity contribution in [3.63, 3.8) is 0 Å². The molecule has 0 amide bonds. The van der Waals surface area contributed by atoms with Crippen LogP contribution in [0.3, 0.4) is 0 Å². The van der Waals surface area contributed by atoms with Gasteiger partial charge in [0.05, 0.1) is 20.4 Å². The Labute approximate surface area is 118 Å². The minimum Gasteiger partial charge on any atom is -0.497 e. The maximum atomic E-state index is 12.0. The molecule has 0 aliphatic rings. The van der Waals surface area contributed by atoms with Crippen LogP contribution >= 0.6 is 0 Å². The average molecular weight is 274 g/mol. The molecular formula is C15H18N2O3. The van der Waals surface area contributed by atoms with Crippen LogP contribution in [0.5, 0.6) is 5.75 Å². The van der Waals surface area contributed by atoms with Crippen molar-refractivity contribution in [2.24, 2.45) is 0 Å². The van der Waals surface area contributed by atoms with E-state index in [1.54, 1.807) is 18.0 Å². The number of aromatic nitrogens is 2. The molecule has 0 aliphatic heterocycles. The van der Waals surface area contributed by atoms with Crippen LogP contribution in [0.2, 0.25) is 0 Å². The third-order valence-electron chi connectivity index (χ3n) is 3.24. The normalized spacial score (nSPS) is 10.4. The van der Waals surface area contributed by atoms with E-state index in [1.807, 2.05) is 32.0 Å². The van der Waals surface area contributed by atoms with Crippen LogP contribution < -0.4 is 4.74 Å². The standard InChI is InChI=1S/C15H18N2O3/c1-5-17-14(15(18)20-4)13(9-16-17)12-7-6-11(19-3)8-10(12)2/h6-9H,5H2,1-4H3. The number of aryl methyl sites for hydroxylation is 2. The highest BCUT2D eigenvalue weighted by Crippen LogP contribution is 2.29. The van der Waals surface area contributed by atoms with Crippen molar-refractivity contribution in [1.29, 1.82) is 0 Å². The fourth-order valence-electron chi connectivity index (χ4n) is 2.20. The van der Waals surface area contributed by atoms with Crippen LogP contribution in [0.1, 0.15) is 23.0 Å². The number of nitrogens with zero attached hydrogens (tertiary/aromatic N) is 2. The van der Waals surface area contributed by atoms with Gasteiger partial charge in [-0.3, -0.25) is 4.68 Å². The predicted octanol–water partition coefficient (Wildman–Crippen LogP) is 2.67. The van der Waals surface area contributed by atoms with E-state index in [-0.39, 0.29) is 5.97 Å². The highest BCUT2D eigenvalue weighted by molar-refractivity contribution is 5.95. The molecule has 106 valence electrons. The van der Waals surface area contributed by atoms with Gasteiger partial charge in [0.1, 0.15) is 5.75 Å². The van der Waals surface area contributed by atoms with Crippen molar-refractivity contribution in [1.82, 2.24) is 9.78 Å². The van der Waals surface area contributed by atoms with Crippen LogP contribution in [0.4, 0.5) is 0 Å². The topological polar surface area (TPSA) is 53.4 Å². The summed E-state index contributed by atoms with van der Waals surface area (Å²) in [5.41, 5.74) is 3.22. The molecule has 0 N–H and O–H groups in total. The van der Waals surface area contributed by atoms with E-state index in [0.717, 1.165) is 22.4 Å². The van der Waals surface area contributed by atoms with Gasteiger partial charge >= 0.3 is 5.97 Å². The monoisotopic (exact) mass is 274 g/mol. The van der Waals surface area contributed by atoms with Crippen LogP contribution in [0.25, 0.3) is 11.1 Å². The Kier molecular flexibility index (Phi) is 4.08. The van der Waals surface area contributed by atoms with E-state index in [9.17, 15) is 4.79 Å². The quantitative estimate of drug-likeness (QED) is 0.804. The van der Waals surface area contributed by atoms with Gasteiger partial charge in [-0.05, 0) is 37.1 Å². The number of carbonyl (C=O) groups excluding carboxylic acids is 1. The smallest absolute Gasteiger partial charge is 0.356 e. The molecule has 1 heterocycles. The first kappa shape index (κ1) is 14.1. The summed E-state index contributed by atoms with van der Waals surface area (Å²) in [5, 5.41) is 4.25. The number of hydrogen-bond donors (Lipinski definition) is 0. The first-order chi connectivity index (χ1) is 9.62. The Bertz CT molecular complexity index is 632. The number of ether oxygens (including phenoxy) is 2. The molecule has 0 radical (unpaired) electrons. The summed E-state index contributed by atoms with van der Waals surface area (Å²) in [6, 6.07) is 5.73. The highest BCUT2D eigenvalue weighted by atomic mass is 16.5. The van der Waals surface area contributed by atoms with Crippen molar-refractivity contribution in [3.8, 4) is 16.9 Å². The molecule has 20 heavy (non-hydrogen) atoms. The summed E-state index contributed by atoms with van der Waals surface area (Å²) in [5.74, 6) is 0.406. The lowest BCUT2D eigenvalue weighted by atomic mass is 10.0. The summed E-state index contributed by atoms with van der Waals surface area (Å²) in [4.78, 5) is 12.0. The molecular weight excluding hydrogens is 256 g/mol. The predicted molar refractivity (Wildman–Crippen MR) is 76.0 cm³/mol. The molecule has 5 nitrogen and oxygen atoms in total. The van der Waals surface area contributed by atoms with Gasteiger partial charge in [-0.1, -0.05) is 6.07 Å². The molecule has 2 rings (SSSR count). The fourth-order valence-corrected chi connectivity index (χ4v) is 2.20. The van der Waals surface area contributed by atoms with Gasteiger partial charge in [0.15, 0.2) is 5.69 Å². The van der Waals surface area contributed by atoms with E-state index < -0.39 is 0 Å². The molecule has 0 fully saturated rings. The minimum absolute atomic E-state index is 0.380. The molecule has 0 aliphatic carbocycles. The van der Waals surface area contributed by atoms with Gasteiger partial charge in [0.2, 0.25) is 0 Å². The van der Waals surface area contributed by atoms with Crippen LogP contribution in [0, 0.1) is 6.92 Å². The largest absolute Gasteiger partial charge is 0.497 e. The summed E-state index contributed by atoms with van der Waals surface area (Å²) < 4.78 is 11.7. The number of carbonyl (C=O) groups is 1. The molecule has 0 atom stereocenters. The Balaban J connectivity index is 2.58. The van der Waals surface area contributed by atoms with Gasteiger partial charge in [-0.2, -0.15) is 5.10 Å². The second-order valence-electron chi connectivity index (χ2n) is 4.40. The number of methoxy groups -OCH3 is 2. The Morgan fingerprint density at radius 1 is 1.30 bits per heavy atom. The molecule has 2 aromatic rings. The third-order valence-corrected chi connectivity index (χ3v) is 3.24. The van der Waals surface area contributed by atoms with E-state index in [0.29, 0.717) is 12.2 Å². The van der Waals surface area contributed by atoms with E-state index in [1.165, 1.54) is 7.11 Å². The second kappa shape index (κ2) is 5.77. The molecule has 0 spiro atoms. The first-order valence-electron chi connectivity index (χ1n) is 6.41. The average Bonchev–Trinajstić information content (AvgIpc) is 2.89. The summed E-state index contributed by atoms with van der Waals surface area (Å²) >= 11 is 0. The Morgan fingerprint density at radius 2 is 2.05 bits per heavy atom. The highest BCUT2D eigenvalue weighted by Gasteiger charge is 2.20. The van der Waals surface area contributed by atoms with E-state index in [4.69, 9.17) is 9.47 Å². The first-order valence-corrected chi connectivity index (χ1v) is 6.41. The van der Waals surface area contributed by atoms with Gasteiger partial charge in [-0.15, -0.1) is 0 Å². The number of hydrogen-bond acceptors (Lipinski definition) is 4. The molecule has 1 aromatic heterocycles. The van der Waals surface area contributed by atoms with Crippen molar-refractivity contribution in [2.45, 2.75) is 20.4 Å². The summed E-state index contributed by atoms with van der Waals surface area (Å²) in [6.45, 7) is 4.52. The lowest BCUT2D eigenvalue weighted by Gasteiger charge is -2.09. The fraction of sp³-hybridized carbons (Fsp3) is 0.333. The number of benzene rings is 1. The Morgan fingerprint density at radius 3 is 2.60 bits per heavy atom. The third kappa shape index (κ3) is 2.39. The lowest BCUT2D eigenvalue weighted by Crippen LogP contribution is -2.12. The van der Waals surface area contributed by atoms with Gasteiger partial charge in [0, 0.05) is 12.1 Å². The van der Waals surface area contributed by atoms with Crippen LogP contribution in [-0.4, -0.2) is 30.0 Å². The minimum atomic E-state index is -0.380. The van der Waals surface area contributed by atoms with Crippen LogP contribution in [0.15, 0.2) is 24.4 Å². The zero-order chi connectivity index (χ0) is 14.7. The van der Waals surface area contributed by atoms with E-state index in [2.05, 4.69) is 5.10 Å². The molecule has 1 aromatic carbocycles. The number of esters is 1. The maximum absolute atomic E-state index is 12.0. The molecule has 0 bridgehead atoms. The number of rotatable bonds is 4. The SMILES string of the molecule is CCn1ncc(-c2ccc(OC)cc2C)c1C(=O)OC. The van der Waals surface area contributed by atoms with Gasteiger partial charge < -0.3 is 9.47 Å². The molecule has 0 saturated heterocycles. The van der Waals surface area contributed by atoms with Crippen molar-refractivity contribution >= 4 is 5.97 Å². The van der Waals surface area contributed by atoms with Crippen molar-refractivity contribution < 1.29 is 14.3 Å². The Hall–Kier alpha value is -2.30. The van der Waals surface area contributed by atoms with E-state index >= 15 is 0 Å². The van der Waals surface area contributed by atoms with Gasteiger partial charge in [0.25, 0.3) is 0 Å².